The number of amides is 2. The number of fused-ring (bicyclic) bond motifs is 3. The Bertz CT molecular complexity index is 1070. The van der Waals surface area contributed by atoms with Gasteiger partial charge in [0.2, 0.25) is 5.91 Å². The van der Waals surface area contributed by atoms with E-state index in [1.165, 1.54) is 12.1 Å². The van der Waals surface area contributed by atoms with E-state index in [1.807, 2.05) is 34.9 Å². The summed E-state index contributed by atoms with van der Waals surface area (Å²) in [5, 5.41) is 6.50. The minimum absolute atomic E-state index is 0.0817. The zero-order valence-electron chi connectivity index (χ0n) is 15.3. The summed E-state index contributed by atoms with van der Waals surface area (Å²) < 4.78 is 39.7. The van der Waals surface area contributed by atoms with Crippen molar-refractivity contribution in [2.45, 2.75) is 31.7 Å². The molecule has 8 heteroatoms. The van der Waals surface area contributed by atoms with E-state index >= 15 is 0 Å². The number of carbonyl (C=O) groups excluding carboxylic acids is 2. The molecule has 0 spiro atoms. The van der Waals surface area contributed by atoms with Gasteiger partial charge in [0, 0.05) is 30.4 Å². The van der Waals surface area contributed by atoms with E-state index in [1.54, 1.807) is 0 Å². The number of carbonyl (C=O) groups is 2. The highest BCUT2D eigenvalue weighted by atomic mass is 19.4. The Kier molecular flexibility index (Phi) is 4.77. The van der Waals surface area contributed by atoms with Gasteiger partial charge in [0.05, 0.1) is 11.6 Å². The quantitative estimate of drug-likeness (QED) is 0.703. The van der Waals surface area contributed by atoms with Gasteiger partial charge in [-0.25, -0.2) is 0 Å². The second kappa shape index (κ2) is 7.27. The molecule has 29 heavy (non-hydrogen) atoms. The molecule has 150 valence electrons. The number of benzene rings is 2. The first-order valence-corrected chi connectivity index (χ1v) is 9.13. The Morgan fingerprint density at radius 3 is 2.59 bits per heavy atom. The monoisotopic (exact) mass is 401 g/mol. The van der Waals surface area contributed by atoms with Gasteiger partial charge in [-0.1, -0.05) is 30.3 Å². The lowest BCUT2D eigenvalue weighted by molar-refractivity contribution is -0.137. The Morgan fingerprint density at radius 1 is 1.14 bits per heavy atom. The fraction of sp³-hybridized carbons (Fsp3) is 0.238. The van der Waals surface area contributed by atoms with Gasteiger partial charge in [0.15, 0.2) is 0 Å². The van der Waals surface area contributed by atoms with Crippen molar-refractivity contribution in [2.24, 2.45) is 0 Å². The molecule has 0 saturated heterocycles. The fourth-order valence-corrected chi connectivity index (χ4v) is 3.54. The molecule has 4 rings (SSSR count). The van der Waals surface area contributed by atoms with Gasteiger partial charge in [-0.15, -0.1) is 0 Å². The van der Waals surface area contributed by atoms with Crippen LogP contribution in [0.3, 0.4) is 0 Å². The van der Waals surface area contributed by atoms with Crippen molar-refractivity contribution in [3.63, 3.8) is 0 Å². The molecule has 2 N–H and O–H groups in total. The third-order valence-electron chi connectivity index (χ3n) is 4.98. The second-order valence-electron chi connectivity index (χ2n) is 7.04. The molecular weight excluding hydrogens is 383 g/mol. The summed E-state index contributed by atoms with van der Waals surface area (Å²) in [7, 11) is 0. The normalized spacial score (nSPS) is 16.4. The summed E-state index contributed by atoms with van der Waals surface area (Å²) in [4.78, 5) is 24.7. The molecule has 2 aromatic carbocycles. The summed E-state index contributed by atoms with van der Waals surface area (Å²) in [5.41, 5.74) is 1.34. The third-order valence-corrected chi connectivity index (χ3v) is 4.98. The van der Waals surface area contributed by atoms with Gasteiger partial charge < -0.3 is 15.2 Å². The number of hydrogen-bond donors (Lipinski definition) is 2. The van der Waals surface area contributed by atoms with E-state index in [4.69, 9.17) is 0 Å². The maximum atomic E-state index is 12.6. The topological polar surface area (TPSA) is 63.1 Å². The zero-order valence-corrected chi connectivity index (χ0v) is 15.3. The van der Waals surface area contributed by atoms with Crippen molar-refractivity contribution in [3.05, 3.63) is 71.4 Å². The molecule has 0 unspecified atom stereocenters. The summed E-state index contributed by atoms with van der Waals surface area (Å²) in [6.45, 7) is 0.595. The van der Waals surface area contributed by atoms with Gasteiger partial charge in [0.1, 0.15) is 5.69 Å². The van der Waals surface area contributed by atoms with Crippen molar-refractivity contribution >= 4 is 22.7 Å². The van der Waals surface area contributed by atoms with Crippen LogP contribution in [0.2, 0.25) is 0 Å². The molecule has 0 radical (unpaired) electrons. The second-order valence-corrected chi connectivity index (χ2v) is 7.04. The summed E-state index contributed by atoms with van der Waals surface area (Å²) in [6, 6.07) is 13.8. The highest BCUT2D eigenvalue weighted by molar-refractivity contribution is 6.00. The smallest absolute Gasteiger partial charge is 0.352 e. The van der Waals surface area contributed by atoms with Crippen molar-refractivity contribution in [2.75, 3.05) is 0 Å². The molecule has 0 bridgehead atoms. The van der Waals surface area contributed by atoms with Crippen LogP contribution in [0.25, 0.3) is 10.9 Å². The molecule has 0 aliphatic carbocycles. The fourth-order valence-electron chi connectivity index (χ4n) is 3.54. The van der Waals surface area contributed by atoms with E-state index in [0.717, 1.165) is 23.0 Å². The van der Waals surface area contributed by atoms with Crippen LogP contribution in [-0.4, -0.2) is 22.4 Å². The Hall–Kier alpha value is -3.29. The van der Waals surface area contributed by atoms with Crippen LogP contribution in [0.5, 0.6) is 0 Å². The highest BCUT2D eigenvalue weighted by Crippen LogP contribution is 2.29. The van der Waals surface area contributed by atoms with Crippen molar-refractivity contribution < 1.29 is 22.8 Å². The van der Waals surface area contributed by atoms with Crippen molar-refractivity contribution in [3.8, 4) is 0 Å². The van der Waals surface area contributed by atoms with Crippen molar-refractivity contribution in [1.29, 1.82) is 0 Å². The van der Waals surface area contributed by atoms with Gasteiger partial charge in [0.25, 0.3) is 5.91 Å². The standard InChI is InChI=1S/C21H18F3N3O2/c22-21(23,24)15-7-5-13(6-8-15)11-25-19(28)10-16-12-27-17-4-2-1-3-14(17)9-18(27)20(29)26-16/h1-9,16H,10-12H2,(H,25,28)(H,26,29)/t16-/m0/s1. The maximum Gasteiger partial charge on any atom is 0.416 e. The van der Waals surface area contributed by atoms with Crippen LogP contribution in [-0.2, 0) is 24.1 Å². The lowest BCUT2D eigenvalue weighted by atomic mass is 10.1. The average Bonchev–Trinajstić information content (AvgIpc) is 3.05. The van der Waals surface area contributed by atoms with E-state index in [2.05, 4.69) is 10.6 Å². The van der Waals surface area contributed by atoms with Crippen molar-refractivity contribution in [1.82, 2.24) is 15.2 Å². The molecule has 3 aromatic rings. The summed E-state index contributed by atoms with van der Waals surface area (Å²) in [5.74, 6) is -0.511. The van der Waals surface area contributed by atoms with Gasteiger partial charge in [-0.2, -0.15) is 13.2 Å². The number of para-hydroxylation sites is 1. The number of nitrogens with one attached hydrogen (secondary N) is 2. The predicted octanol–water partition coefficient (Wildman–Crippen LogP) is 3.48. The number of alkyl halides is 3. The van der Waals surface area contributed by atoms with E-state index in [0.29, 0.717) is 17.8 Å². The Balaban J connectivity index is 1.37. The van der Waals surface area contributed by atoms with Gasteiger partial charge >= 0.3 is 6.18 Å². The lowest BCUT2D eigenvalue weighted by Gasteiger charge is -2.26. The van der Waals surface area contributed by atoms with E-state index in [9.17, 15) is 22.8 Å². The first-order chi connectivity index (χ1) is 13.8. The van der Waals surface area contributed by atoms with Crippen LogP contribution in [0, 0.1) is 0 Å². The van der Waals surface area contributed by atoms with Crippen LogP contribution < -0.4 is 10.6 Å². The molecule has 2 heterocycles. The number of hydrogen-bond acceptors (Lipinski definition) is 2. The lowest BCUT2D eigenvalue weighted by Crippen LogP contribution is -2.46. The molecule has 5 nitrogen and oxygen atoms in total. The highest BCUT2D eigenvalue weighted by Gasteiger charge is 2.30. The molecule has 1 atom stereocenters. The van der Waals surface area contributed by atoms with Crippen LogP contribution >= 0.6 is 0 Å². The summed E-state index contributed by atoms with van der Waals surface area (Å²) >= 11 is 0. The Labute approximate surface area is 164 Å². The van der Waals surface area contributed by atoms with E-state index in [-0.39, 0.29) is 30.8 Å². The minimum atomic E-state index is -4.39. The van der Waals surface area contributed by atoms with Gasteiger partial charge in [-0.05, 0) is 29.8 Å². The van der Waals surface area contributed by atoms with Crippen LogP contribution in [0.1, 0.15) is 28.0 Å². The molecule has 2 amide bonds. The number of halogens is 3. The summed E-state index contributed by atoms with van der Waals surface area (Å²) in [6.07, 6.45) is -4.30. The van der Waals surface area contributed by atoms with E-state index < -0.39 is 11.7 Å². The average molecular weight is 401 g/mol. The molecule has 1 aromatic heterocycles. The number of aromatic nitrogens is 1. The first kappa shape index (κ1) is 19.0. The minimum Gasteiger partial charge on any atom is -0.352 e. The number of rotatable bonds is 4. The van der Waals surface area contributed by atoms with Crippen LogP contribution in [0.15, 0.2) is 54.6 Å². The molecule has 0 fully saturated rings. The first-order valence-electron chi connectivity index (χ1n) is 9.13. The molecule has 0 saturated carbocycles. The SMILES string of the molecule is O=C(C[C@H]1Cn2c(cc3ccccc32)C(=O)N1)NCc1ccc(C(F)(F)F)cc1. The molecule has 1 aliphatic heterocycles. The largest absolute Gasteiger partial charge is 0.416 e. The zero-order chi connectivity index (χ0) is 20.6. The number of nitrogens with zero attached hydrogens (tertiary/aromatic N) is 1. The Morgan fingerprint density at radius 2 is 1.86 bits per heavy atom. The molecule has 1 aliphatic rings. The maximum absolute atomic E-state index is 12.6. The third kappa shape index (κ3) is 3.96. The van der Waals surface area contributed by atoms with Gasteiger partial charge in [-0.3, -0.25) is 9.59 Å². The predicted molar refractivity (Wildman–Crippen MR) is 101 cm³/mol. The molecular formula is C21H18F3N3O2. The van der Waals surface area contributed by atoms with Crippen LogP contribution in [0.4, 0.5) is 13.2 Å².